The summed E-state index contributed by atoms with van der Waals surface area (Å²) in [6.45, 7) is 2.75. The summed E-state index contributed by atoms with van der Waals surface area (Å²) < 4.78 is 4.89. The SMILES string of the molecule is Cc1cc(C(=O)NCCC(=O)N2CCCc3ccccc32)on1. The van der Waals surface area contributed by atoms with Crippen molar-refractivity contribution in [2.24, 2.45) is 0 Å². The van der Waals surface area contributed by atoms with Crippen LogP contribution < -0.4 is 10.2 Å². The van der Waals surface area contributed by atoms with E-state index < -0.39 is 0 Å². The Morgan fingerprint density at radius 2 is 2.17 bits per heavy atom. The van der Waals surface area contributed by atoms with Crippen molar-refractivity contribution in [1.29, 1.82) is 0 Å². The van der Waals surface area contributed by atoms with Crippen LogP contribution in [0.5, 0.6) is 0 Å². The third-order valence-electron chi connectivity index (χ3n) is 3.89. The number of aryl methyl sites for hydroxylation is 2. The van der Waals surface area contributed by atoms with Gasteiger partial charge in [0.15, 0.2) is 0 Å². The van der Waals surface area contributed by atoms with Gasteiger partial charge >= 0.3 is 0 Å². The van der Waals surface area contributed by atoms with E-state index in [0.717, 1.165) is 25.1 Å². The highest BCUT2D eigenvalue weighted by atomic mass is 16.5. The minimum absolute atomic E-state index is 0.0196. The molecule has 1 N–H and O–H groups in total. The molecule has 6 nitrogen and oxygen atoms in total. The average molecular weight is 313 g/mol. The highest BCUT2D eigenvalue weighted by molar-refractivity contribution is 5.95. The molecule has 6 heteroatoms. The third-order valence-corrected chi connectivity index (χ3v) is 3.89. The molecule has 2 amide bonds. The lowest BCUT2D eigenvalue weighted by Gasteiger charge is -2.29. The zero-order valence-corrected chi connectivity index (χ0v) is 13.0. The van der Waals surface area contributed by atoms with Crippen LogP contribution in [-0.2, 0) is 11.2 Å². The van der Waals surface area contributed by atoms with E-state index in [-0.39, 0.29) is 30.5 Å². The molecule has 0 atom stereocenters. The van der Waals surface area contributed by atoms with Gasteiger partial charge in [0.2, 0.25) is 11.7 Å². The Bertz CT molecular complexity index is 723. The Balaban J connectivity index is 1.55. The fraction of sp³-hybridized carbons (Fsp3) is 0.353. The number of nitrogens with zero attached hydrogens (tertiary/aromatic N) is 2. The number of benzene rings is 1. The summed E-state index contributed by atoms with van der Waals surface area (Å²) >= 11 is 0. The molecule has 0 spiro atoms. The second kappa shape index (κ2) is 6.64. The molecule has 1 aromatic carbocycles. The van der Waals surface area contributed by atoms with E-state index in [4.69, 9.17) is 4.52 Å². The Kier molecular flexibility index (Phi) is 4.41. The molecule has 2 heterocycles. The average Bonchev–Trinajstić information content (AvgIpc) is 3.00. The Labute approximate surface area is 134 Å². The lowest BCUT2D eigenvalue weighted by atomic mass is 10.0. The highest BCUT2D eigenvalue weighted by Gasteiger charge is 2.22. The molecule has 120 valence electrons. The smallest absolute Gasteiger partial charge is 0.289 e. The number of aromatic nitrogens is 1. The van der Waals surface area contributed by atoms with Gasteiger partial charge in [-0.15, -0.1) is 0 Å². The summed E-state index contributed by atoms with van der Waals surface area (Å²) in [7, 11) is 0. The minimum atomic E-state index is -0.350. The number of amides is 2. The summed E-state index contributed by atoms with van der Waals surface area (Å²) in [6, 6.07) is 9.54. The molecule has 0 radical (unpaired) electrons. The van der Waals surface area contributed by atoms with Crippen molar-refractivity contribution in [2.75, 3.05) is 18.0 Å². The van der Waals surface area contributed by atoms with Gasteiger partial charge in [-0.3, -0.25) is 9.59 Å². The van der Waals surface area contributed by atoms with Crippen molar-refractivity contribution >= 4 is 17.5 Å². The number of carbonyl (C=O) groups excluding carboxylic acids is 2. The van der Waals surface area contributed by atoms with Crippen LogP contribution in [0.2, 0.25) is 0 Å². The van der Waals surface area contributed by atoms with Crippen molar-refractivity contribution < 1.29 is 14.1 Å². The number of carbonyl (C=O) groups is 2. The Hall–Kier alpha value is -2.63. The molecule has 1 aliphatic rings. The number of hydrogen-bond donors (Lipinski definition) is 1. The second-order valence-electron chi connectivity index (χ2n) is 5.62. The molecule has 0 aliphatic carbocycles. The van der Waals surface area contributed by atoms with Gasteiger partial charge in [-0.05, 0) is 31.4 Å². The van der Waals surface area contributed by atoms with Crippen molar-refractivity contribution in [3.63, 3.8) is 0 Å². The first-order valence-corrected chi connectivity index (χ1v) is 7.75. The molecular formula is C17H19N3O3. The van der Waals surface area contributed by atoms with Crippen LogP contribution in [0.25, 0.3) is 0 Å². The second-order valence-corrected chi connectivity index (χ2v) is 5.62. The van der Waals surface area contributed by atoms with Gasteiger partial charge in [-0.2, -0.15) is 0 Å². The highest BCUT2D eigenvalue weighted by Crippen LogP contribution is 2.26. The quantitative estimate of drug-likeness (QED) is 0.937. The summed E-state index contributed by atoms with van der Waals surface area (Å²) in [5.74, 6) is -0.165. The lowest BCUT2D eigenvalue weighted by Crippen LogP contribution is -2.37. The lowest BCUT2D eigenvalue weighted by molar-refractivity contribution is -0.118. The Morgan fingerprint density at radius 1 is 1.35 bits per heavy atom. The van der Waals surface area contributed by atoms with E-state index in [2.05, 4.69) is 16.5 Å². The summed E-state index contributed by atoms with van der Waals surface area (Å²) in [5, 5.41) is 6.35. The minimum Gasteiger partial charge on any atom is -0.351 e. The Morgan fingerprint density at radius 3 is 2.96 bits per heavy atom. The predicted octanol–water partition coefficient (Wildman–Crippen LogP) is 2.08. The van der Waals surface area contributed by atoms with Gasteiger partial charge in [0.25, 0.3) is 5.91 Å². The number of fused-ring (bicyclic) bond motifs is 1. The maximum atomic E-state index is 12.4. The number of anilines is 1. The number of hydrogen-bond acceptors (Lipinski definition) is 4. The summed E-state index contributed by atoms with van der Waals surface area (Å²) in [5.41, 5.74) is 2.84. The molecule has 0 fully saturated rings. The first-order valence-electron chi connectivity index (χ1n) is 7.75. The van der Waals surface area contributed by atoms with Gasteiger partial charge in [-0.1, -0.05) is 23.4 Å². The third kappa shape index (κ3) is 3.41. The fourth-order valence-electron chi connectivity index (χ4n) is 2.77. The molecule has 2 aromatic rings. The monoisotopic (exact) mass is 313 g/mol. The van der Waals surface area contributed by atoms with Crippen LogP contribution in [0.3, 0.4) is 0 Å². The first kappa shape index (κ1) is 15.3. The van der Waals surface area contributed by atoms with E-state index in [1.807, 2.05) is 23.1 Å². The van der Waals surface area contributed by atoms with E-state index >= 15 is 0 Å². The van der Waals surface area contributed by atoms with Crippen LogP contribution >= 0.6 is 0 Å². The zero-order valence-electron chi connectivity index (χ0n) is 13.0. The van der Waals surface area contributed by atoms with E-state index in [9.17, 15) is 9.59 Å². The molecular weight excluding hydrogens is 294 g/mol. The number of rotatable bonds is 4. The van der Waals surface area contributed by atoms with Crippen LogP contribution in [0.15, 0.2) is 34.9 Å². The maximum absolute atomic E-state index is 12.4. The van der Waals surface area contributed by atoms with Gasteiger partial charge in [0.05, 0.1) is 5.69 Å². The molecule has 1 aromatic heterocycles. The van der Waals surface area contributed by atoms with E-state index in [1.165, 1.54) is 5.56 Å². The van der Waals surface area contributed by atoms with Gasteiger partial charge in [0.1, 0.15) is 0 Å². The number of para-hydroxylation sites is 1. The standard InChI is InChI=1S/C17H19N3O3/c1-12-11-15(23-19-12)17(22)18-9-8-16(21)20-10-4-6-13-5-2-3-7-14(13)20/h2-3,5,7,11H,4,6,8-10H2,1H3,(H,18,22). The van der Waals surface area contributed by atoms with Crippen LogP contribution in [0.4, 0.5) is 5.69 Å². The topological polar surface area (TPSA) is 75.4 Å². The molecule has 1 aliphatic heterocycles. The zero-order chi connectivity index (χ0) is 16.2. The van der Waals surface area contributed by atoms with Crippen molar-refractivity contribution in [3.05, 3.63) is 47.3 Å². The van der Waals surface area contributed by atoms with Gasteiger partial charge in [-0.25, -0.2) is 0 Å². The molecule has 0 unspecified atom stereocenters. The summed E-state index contributed by atoms with van der Waals surface area (Å²) in [6.07, 6.45) is 2.22. The largest absolute Gasteiger partial charge is 0.351 e. The van der Waals surface area contributed by atoms with Crippen LogP contribution in [0, 0.1) is 6.92 Å². The van der Waals surface area contributed by atoms with Crippen molar-refractivity contribution in [2.45, 2.75) is 26.2 Å². The first-order chi connectivity index (χ1) is 11.1. The van der Waals surface area contributed by atoms with Gasteiger partial charge in [0, 0.05) is 31.3 Å². The molecule has 23 heavy (non-hydrogen) atoms. The van der Waals surface area contributed by atoms with Gasteiger partial charge < -0.3 is 14.7 Å². The van der Waals surface area contributed by atoms with E-state index in [0.29, 0.717) is 5.69 Å². The summed E-state index contributed by atoms with van der Waals surface area (Å²) in [4.78, 5) is 26.1. The van der Waals surface area contributed by atoms with Crippen molar-refractivity contribution in [3.8, 4) is 0 Å². The maximum Gasteiger partial charge on any atom is 0.289 e. The normalized spacial score (nSPS) is 13.5. The predicted molar refractivity (Wildman–Crippen MR) is 85.3 cm³/mol. The van der Waals surface area contributed by atoms with Crippen LogP contribution in [0.1, 0.15) is 34.7 Å². The molecule has 0 bridgehead atoms. The molecule has 3 rings (SSSR count). The van der Waals surface area contributed by atoms with Crippen molar-refractivity contribution in [1.82, 2.24) is 10.5 Å². The van der Waals surface area contributed by atoms with Crippen LogP contribution in [-0.4, -0.2) is 30.1 Å². The number of nitrogens with one attached hydrogen (secondary N) is 1. The molecule has 0 saturated heterocycles. The fourth-order valence-corrected chi connectivity index (χ4v) is 2.77. The van der Waals surface area contributed by atoms with E-state index in [1.54, 1.807) is 13.0 Å². The molecule has 0 saturated carbocycles.